The Morgan fingerprint density at radius 1 is 1.17 bits per heavy atom. The molecule has 218 valence electrons. The smallest absolute Gasteiger partial charge is 0.429 e. The van der Waals surface area contributed by atoms with Crippen molar-refractivity contribution < 1.29 is 36.9 Å². The predicted molar refractivity (Wildman–Crippen MR) is 142 cm³/mol. The molecule has 3 aromatic rings. The monoisotopic (exact) mass is 575 g/mol. The normalized spacial score (nSPS) is 19.2. The molecule has 9 nitrogen and oxygen atoms in total. The highest BCUT2D eigenvalue weighted by Crippen LogP contribution is 2.42. The number of aromatic nitrogens is 2. The zero-order valence-corrected chi connectivity index (χ0v) is 22.1. The molecule has 0 bridgehead atoms. The lowest BCUT2D eigenvalue weighted by atomic mass is 9.76. The van der Waals surface area contributed by atoms with E-state index in [1.54, 1.807) is 24.3 Å². The Morgan fingerprint density at radius 3 is 2.56 bits per heavy atom. The third-order valence-electron chi connectivity index (χ3n) is 7.73. The van der Waals surface area contributed by atoms with Crippen molar-refractivity contribution >= 4 is 17.7 Å². The predicted octanol–water partition coefficient (Wildman–Crippen LogP) is 4.59. The van der Waals surface area contributed by atoms with Gasteiger partial charge < -0.3 is 30.5 Å². The molecule has 2 atom stereocenters. The first-order chi connectivity index (χ1) is 19.5. The molecule has 2 fully saturated rings. The van der Waals surface area contributed by atoms with Crippen LogP contribution in [0.15, 0.2) is 48.5 Å². The zero-order chi connectivity index (χ0) is 29.4. The van der Waals surface area contributed by atoms with Crippen LogP contribution < -0.4 is 25.4 Å². The number of nitrogens with two attached hydrogens (primary N) is 1. The maximum Gasteiger partial charge on any atom is 0.429 e. The van der Waals surface area contributed by atoms with E-state index in [-0.39, 0.29) is 16.9 Å². The number of aliphatic carboxylic acids is 1. The standard InChI is InChI=1S/C28H29F4N5O4/c1-40-18-4-2-3-16(11-18)19-6-5-17(12-20(19)29)24(28(30,31)32)41-23-13-22(35-26(33)36-23)37-9-7-27(8-10-37)14-21(25(38)39)34-15-27/h2-6,11-13,21,24,34H,7-10,14-15H2,1H3,(H,38,39)(H2,33,35,36)/t21?,24-/m1/s1. The number of alkyl halides is 3. The zero-order valence-electron chi connectivity index (χ0n) is 22.1. The van der Waals surface area contributed by atoms with Gasteiger partial charge in [0.05, 0.1) is 7.11 Å². The van der Waals surface area contributed by atoms with Crippen molar-refractivity contribution in [2.75, 3.05) is 37.4 Å². The van der Waals surface area contributed by atoms with Gasteiger partial charge in [0.15, 0.2) is 0 Å². The molecule has 1 spiro atoms. The molecule has 4 N–H and O–H groups in total. The number of hydrogen-bond acceptors (Lipinski definition) is 8. The van der Waals surface area contributed by atoms with Crippen LogP contribution in [0.25, 0.3) is 11.1 Å². The molecule has 2 saturated heterocycles. The third kappa shape index (κ3) is 6.14. The fraction of sp³-hybridized carbons (Fsp3) is 0.393. The fourth-order valence-corrected chi connectivity index (χ4v) is 5.50. The van der Waals surface area contributed by atoms with Crippen LogP contribution in [-0.4, -0.2) is 60.0 Å². The average molecular weight is 576 g/mol. The van der Waals surface area contributed by atoms with Gasteiger partial charge in [-0.1, -0.05) is 24.3 Å². The van der Waals surface area contributed by atoms with Crippen molar-refractivity contribution in [2.45, 2.75) is 37.6 Å². The minimum Gasteiger partial charge on any atom is -0.497 e. The summed E-state index contributed by atoms with van der Waals surface area (Å²) in [6, 6.07) is 10.4. The Morgan fingerprint density at radius 2 is 1.93 bits per heavy atom. The number of halogens is 4. The summed E-state index contributed by atoms with van der Waals surface area (Å²) in [6.45, 7) is 1.59. The van der Waals surface area contributed by atoms with Crippen LogP contribution in [0.2, 0.25) is 0 Å². The molecular formula is C28H29F4N5O4. The topological polar surface area (TPSA) is 123 Å². The first-order valence-corrected chi connectivity index (χ1v) is 13.0. The fourth-order valence-electron chi connectivity index (χ4n) is 5.50. The van der Waals surface area contributed by atoms with Crippen LogP contribution in [0.5, 0.6) is 11.6 Å². The maximum absolute atomic E-state index is 15.1. The van der Waals surface area contributed by atoms with Crippen LogP contribution in [-0.2, 0) is 4.79 Å². The highest BCUT2D eigenvalue weighted by molar-refractivity contribution is 5.74. The van der Waals surface area contributed by atoms with Crippen LogP contribution in [0, 0.1) is 11.2 Å². The van der Waals surface area contributed by atoms with Gasteiger partial charge in [0, 0.05) is 36.8 Å². The van der Waals surface area contributed by atoms with Crippen molar-refractivity contribution in [1.29, 1.82) is 0 Å². The first-order valence-electron chi connectivity index (χ1n) is 13.0. The van der Waals surface area contributed by atoms with Crippen molar-refractivity contribution in [2.24, 2.45) is 5.41 Å². The lowest BCUT2D eigenvalue weighted by Gasteiger charge is -2.39. The second-order valence-corrected chi connectivity index (χ2v) is 10.4. The van der Waals surface area contributed by atoms with Crippen molar-refractivity contribution in [1.82, 2.24) is 15.3 Å². The summed E-state index contributed by atoms with van der Waals surface area (Å²) in [5.74, 6) is -1.64. The van der Waals surface area contributed by atoms with Crippen LogP contribution >= 0.6 is 0 Å². The molecule has 2 aromatic carbocycles. The molecule has 1 aromatic heterocycles. The summed E-state index contributed by atoms with van der Waals surface area (Å²) in [5.41, 5.74) is 5.78. The first kappa shape index (κ1) is 28.4. The summed E-state index contributed by atoms with van der Waals surface area (Å²) in [5, 5.41) is 12.3. The summed E-state index contributed by atoms with van der Waals surface area (Å²) in [6.07, 6.45) is -5.54. The second-order valence-electron chi connectivity index (χ2n) is 10.4. The molecule has 41 heavy (non-hydrogen) atoms. The highest BCUT2D eigenvalue weighted by Gasteiger charge is 2.45. The van der Waals surface area contributed by atoms with E-state index in [2.05, 4.69) is 15.3 Å². The Hall–Kier alpha value is -4.13. The van der Waals surface area contributed by atoms with E-state index in [4.69, 9.17) is 15.2 Å². The molecular weight excluding hydrogens is 546 g/mol. The SMILES string of the molecule is COc1cccc(-c2ccc([C@@H](Oc3cc(N4CCC5(CC4)CNC(C(=O)O)C5)nc(N)n3)C(F)(F)F)cc2F)c1. The van der Waals surface area contributed by atoms with Crippen molar-refractivity contribution in [3.8, 4) is 22.8 Å². The number of carboxylic acid groups (broad SMARTS) is 1. The largest absolute Gasteiger partial charge is 0.497 e. The van der Waals surface area contributed by atoms with E-state index in [1.807, 2.05) is 4.90 Å². The van der Waals surface area contributed by atoms with Crippen molar-refractivity contribution in [3.63, 3.8) is 0 Å². The van der Waals surface area contributed by atoms with Crippen molar-refractivity contribution in [3.05, 3.63) is 59.9 Å². The molecule has 3 heterocycles. The Kier molecular flexibility index (Phi) is 7.64. The molecule has 5 rings (SSSR count). The average Bonchev–Trinajstić information content (AvgIpc) is 3.35. The highest BCUT2D eigenvalue weighted by atomic mass is 19.4. The third-order valence-corrected chi connectivity index (χ3v) is 7.73. The number of nitrogen functional groups attached to an aromatic ring is 1. The van der Waals surface area contributed by atoms with E-state index < -0.39 is 41.6 Å². The van der Waals surface area contributed by atoms with E-state index >= 15 is 4.39 Å². The number of carboxylic acids is 1. The minimum atomic E-state index is -4.89. The Bertz CT molecular complexity index is 1430. The molecule has 0 radical (unpaired) electrons. The van der Waals surface area contributed by atoms with Crippen LogP contribution in [0.4, 0.5) is 29.3 Å². The van der Waals surface area contributed by atoms with Gasteiger partial charge in [0.1, 0.15) is 23.4 Å². The number of methoxy groups -OCH3 is 1. The van der Waals surface area contributed by atoms with Crippen LogP contribution in [0.1, 0.15) is 30.9 Å². The van der Waals surface area contributed by atoms with Gasteiger partial charge in [-0.05, 0) is 48.4 Å². The Labute approximate surface area is 233 Å². The molecule has 0 aliphatic carbocycles. The maximum atomic E-state index is 15.1. The van der Waals surface area contributed by atoms with E-state index in [0.29, 0.717) is 56.0 Å². The van der Waals surface area contributed by atoms with E-state index in [1.165, 1.54) is 19.2 Å². The molecule has 2 aliphatic rings. The number of ether oxygens (including phenoxy) is 2. The molecule has 2 aliphatic heterocycles. The van der Waals surface area contributed by atoms with Gasteiger partial charge >= 0.3 is 12.1 Å². The summed E-state index contributed by atoms with van der Waals surface area (Å²) in [7, 11) is 1.46. The summed E-state index contributed by atoms with van der Waals surface area (Å²) >= 11 is 0. The van der Waals surface area contributed by atoms with Gasteiger partial charge in [-0.15, -0.1) is 0 Å². The number of rotatable bonds is 7. The van der Waals surface area contributed by atoms with Gasteiger partial charge in [-0.3, -0.25) is 4.79 Å². The minimum absolute atomic E-state index is 0.108. The Balaban J connectivity index is 1.35. The quantitative estimate of drug-likeness (QED) is 0.347. The van der Waals surface area contributed by atoms with Gasteiger partial charge in [0.25, 0.3) is 0 Å². The molecule has 1 unspecified atom stereocenters. The lowest BCUT2D eigenvalue weighted by Crippen LogP contribution is -2.41. The lowest BCUT2D eigenvalue weighted by molar-refractivity contribution is -0.198. The van der Waals surface area contributed by atoms with Crippen LogP contribution in [0.3, 0.4) is 0 Å². The number of nitrogens with zero attached hydrogens (tertiary/aromatic N) is 3. The molecule has 13 heteroatoms. The molecule has 0 amide bonds. The summed E-state index contributed by atoms with van der Waals surface area (Å²) < 4.78 is 68.0. The number of nitrogens with one attached hydrogen (secondary N) is 1. The van der Waals surface area contributed by atoms with Gasteiger partial charge in [-0.2, -0.15) is 23.1 Å². The van der Waals surface area contributed by atoms with E-state index in [0.717, 1.165) is 12.1 Å². The number of hydrogen-bond donors (Lipinski definition) is 3. The number of benzene rings is 2. The van der Waals surface area contributed by atoms with Gasteiger partial charge in [-0.25, -0.2) is 4.39 Å². The van der Waals surface area contributed by atoms with E-state index in [9.17, 15) is 23.1 Å². The number of carbonyl (C=O) groups is 1. The number of anilines is 2. The summed E-state index contributed by atoms with van der Waals surface area (Å²) in [4.78, 5) is 21.2. The second kappa shape index (κ2) is 11.0. The molecule has 0 saturated carbocycles. The van der Waals surface area contributed by atoms with Gasteiger partial charge in [0.2, 0.25) is 17.9 Å². The number of piperidine rings is 1.